The number of aromatic nitrogens is 5. The molecule has 0 aliphatic carbocycles. The summed E-state index contributed by atoms with van der Waals surface area (Å²) in [5.74, 6) is 0.867. The Hall–Kier alpha value is -3.27. The van der Waals surface area contributed by atoms with Crippen molar-refractivity contribution < 1.29 is 9.53 Å². The fourth-order valence-corrected chi connectivity index (χ4v) is 3.80. The van der Waals surface area contributed by atoms with Crippen molar-refractivity contribution in [2.75, 3.05) is 37.0 Å². The molecule has 10 heteroatoms. The van der Waals surface area contributed by atoms with Crippen LogP contribution in [0.25, 0.3) is 5.65 Å². The molecular formula is C21H28N8O2. The van der Waals surface area contributed by atoms with Gasteiger partial charge in [-0.25, -0.2) is 15.0 Å². The zero-order valence-electron chi connectivity index (χ0n) is 18.3. The van der Waals surface area contributed by atoms with Gasteiger partial charge in [-0.15, -0.1) is 0 Å². The first-order chi connectivity index (χ1) is 15.0. The summed E-state index contributed by atoms with van der Waals surface area (Å²) in [6.07, 6.45) is 7.19. The molecule has 3 aromatic heterocycles. The summed E-state index contributed by atoms with van der Waals surface area (Å²) < 4.78 is 7.54. The third-order valence-electron chi connectivity index (χ3n) is 5.41. The van der Waals surface area contributed by atoms with Gasteiger partial charge in [0.1, 0.15) is 11.4 Å². The lowest BCUT2D eigenvalue weighted by Gasteiger charge is -2.31. The van der Waals surface area contributed by atoms with Crippen molar-refractivity contribution in [3.8, 4) is 5.88 Å². The Morgan fingerprint density at radius 2 is 2.03 bits per heavy atom. The number of fused-ring (bicyclic) bond motifs is 1. The van der Waals surface area contributed by atoms with E-state index in [1.165, 1.54) is 6.20 Å². The van der Waals surface area contributed by atoms with E-state index >= 15 is 0 Å². The molecule has 0 aromatic carbocycles. The maximum absolute atomic E-state index is 13.0. The summed E-state index contributed by atoms with van der Waals surface area (Å²) in [6, 6.07) is 0.355. The molecule has 31 heavy (non-hydrogen) atoms. The van der Waals surface area contributed by atoms with E-state index in [-0.39, 0.29) is 17.4 Å². The van der Waals surface area contributed by atoms with Crippen LogP contribution in [0.1, 0.15) is 41.5 Å². The standard InChI is InChI=1S/C21H28N8O2/c1-5-31-20-16(10-23-21(27-20)28(4)15-6-8-22-9-7-15)19(30)26-17-12-29-11-13(2)24-18(29)14(3)25-17/h10-12,15,22H,5-9H2,1-4H3,(H,26,30). The van der Waals surface area contributed by atoms with Crippen molar-refractivity contribution in [2.45, 2.75) is 39.7 Å². The molecule has 1 aliphatic heterocycles. The highest BCUT2D eigenvalue weighted by Gasteiger charge is 2.23. The minimum Gasteiger partial charge on any atom is -0.477 e. The van der Waals surface area contributed by atoms with Gasteiger partial charge >= 0.3 is 0 Å². The van der Waals surface area contributed by atoms with E-state index in [1.54, 1.807) is 6.20 Å². The van der Waals surface area contributed by atoms with Gasteiger partial charge in [0, 0.05) is 25.5 Å². The topological polar surface area (TPSA) is 110 Å². The molecule has 1 amide bonds. The van der Waals surface area contributed by atoms with Crippen LogP contribution in [0.2, 0.25) is 0 Å². The Morgan fingerprint density at radius 3 is 2.77 bits per heavy atom. The van der Waals surface area contributed by atoms with Gasteiger partial charge in [-0.2, -0.15) is 4.98 Å². The third kappa shape index (κ3) is 4.43. The minimum atomic E-state index is -0.373. The second-order valence-electron chi connectivity index (χ2n) is 7.69. The molecule has 3 aromatic rings. The fraction of sp³-hybridized carbons (Fsp3) is 0.476. The Labute approximate surface area is 181 Å². The van der Waals surface area contributed by atoms with E-state index < -0.39 is 0 Å². The number of aryl methyl sites for hydroxylation is 2. The normalized spacial score (nSPS) is 14.6. The number of nitrogens with one attached hydrogen (secondary N) is 2. The minimum absolute atomic E-state index is 0.266. The van der Waals surface area contributed by atoms with Crippen molar-refractivity contribution >= 4 is 23.3 Å². The van der Waals surface area contributed by atoms with Crippen LogP contribution in [-0.2, 0) is 0 Å². The summed E-state index contributed by atoms with van der Waals surface area (Å²) in [4.78, 5) is 32.9. The lowest BCUT2D eigenvalue weighted by Crippen LogP contribution is -2.42. The van der Waals surface area contributed by atoms with Crippen molar-refractivity contribution in [1.29, 1.82) is 0 Å². The zero-order valence-corrected chi connectivity index (χ0v) is 18.3. The van der Waals surface area contributed by atoms with Crippen LogP contribution in [0, 0.1) is 13.8 Å². The predicted molar refractivity (Wildman–Crippen MR) is 118 cm³/mol. The van der Waals surface area contributed by atoms with Gasteiger partial charge in [0.05, 0.1) is 24.2 Å². The van der Waals surface area contributed by atoms with Crippen molar-refractivity contribution in [3.05, 3.63) is 35.5 Å². The van der Waals surface area contributed by atoms with E-state index in [0.717, 1.165) is 43.0 Å². The molecule has 0 bridgehead atoms. The van der Waals surface area contributed by atoms with E-state index in [1.807, 2.05) is 38.4 Å². The molecule has 0 radical (unpaired) electrons. The first kappa shape index (κ1) is 21.0. The number of ether oxygens (including phenoxy) is 1. The number of nitrogens with zero attached hydrogens (tertiary/aromatic N) is 6. The van der Waals surface area contributed by atoms with Gasteiger partial charge in [0.15, 0.2) is 5.65 Å². The molecular weight excluding hydrogens is 396 g/mol. The molecule has 0 spiro atoms. The van der Waals surface area contributed by atoms with Crippen LogP contribution in [0.3, 0.4) is 0 Å². The van der Waals surface area contributed by atoms with Crippen LogP contribution in [0.4, 0.5) is 11.8 Å². The van der Waals surface area contributed by atoms with E-state index in [0.29, 0.717) is 24.4 Å². The van der Waals surface area contributed by atoms with Gasteiger partial charge in [-0.05, 0) is 46.7 Å². The van der Waals surface area contributed by atoms with Gasteiger partial charge in [-0.1, -0.05) is 0 Å². The largest absolute Gasteiger partial charge is 0.477 e. The van der Waals surface area contributed by atoms with Gasteiger partial charge in [0.25, 0.3) is 5.91 Å². The third-order valence-corrected chi connectivity index (χ3v) is 5.41. The molecule has 0 saturated carbocycles. The highest BCUT2D eigenvalue weighted by Crippen LogP contribution is 2.23. The molecule has 10 nitrogen and oxygen atoms in total. The van der Waals surface area contributed by atoms with E-state index in [9.17, 15) is 4.79 Å². The predicted octanol–water partition coefficient (Wildman–Crippen LogP) is 1.98. The highest BCUT2D eigenvalue weighted by molar-refractivity contribution is 6.05. The Balaban J connectivity index is 1.58. The second-order valence-corrected chi connectivity index (χ2v) is 7.69. The summed E-state index contributed by atoms with van der Waals surface area (Å²) in [5.41, 5.74) is 2.64. The smallest absolute Gasteiger partial charge is 0.263 e. The van der Waals surface area contributed by atoms with Crippen LogP contribution >= 0.6 is 0 Å². The summed E-state index contributed by atoms with van der Waals surface area (Å²) in [6.45, 7) is 7.98. The highest BCUT2D eigenvalue weighted by atomic mass is 16.5. The molecule has 0 atom stereocenters. The average Bonchev–Trinajstić information content (AvgIpc) is 3.14. The van der Waals surface area contributed by atoms with E-state index in [2.05, 4.69) is 35.5 Å². The summed E-state index contributed by atoms with van der Waals surface area (Å²) in [7, 11) is 1.98. The molecule has 1 fully saturated rings. The number of rotatable bonds is 6. The number of anilines is 2. The molecule has 4 rings (SSSR count). The van der Waals surface area contributed by atoms with Gasteiger partial charge in [-0.3, -0.25) is 4.79 Å². The van der Waals surface area contributed by atoms with Crippen molar-refractivity contribution in [2.24, 2.45) is 0 Å². The number of carbonyl (C=O) groups is 1. The number of carbonyl (C=O) groups excluding carboxylic acids is 1. The Morgan fingerprint density at radius 1 is 1.26 bits per heavy atom. The van der Waals surface area contributed by atoms with Crippen LogP contribution in [0.5, 0.6) is 5.88 Å². The van der Waals surface area contributed by atoms with Crippen LogP contribution in [-0.4, -0.2) is 63.0 Å². The molecule has 164 valence electrons. The average molecular weight is 425 g/mol. The SMILES string of the molecule is CCOc1nc(N(C)C2CCNCC2)ncc1C(=O)Nc1cn2cc(C)nc2c(C)n1. The fourth-order valence-electron chi connectivity index (χ4n) is 3.80. The van der Waals surface area contributed by atoms with Crippen molar-refractivity contribution in [1.82, 2.24) is 29.7 Å². The Bertz CT molecular complexity index is 1090. The van der Waals surface area contributed by atoms with Gasteiger partial charge in [0.2, 0.25) is 11.8 Å². The van der Waals surface area contributed by atoms with Crippen LogP contribution in [0.15, 0.2) is 18.6 Å². The zero-order chi connectivity index (χ0) is 22.0. The molecule has 1 saturated heterocycles. The monoisotopic (exact) mass is 424 g/mol. The summed E-state index contributed by atoms with van der Waals surface area (Å²) in [5, 5.41) is 6.19. The molecule has 1 aliphatic rings. The quantitative estimate of drug-likeness (QED) is 0.618. The number of piperidine rings is 1. The number of hydrogen-bond acceptors (Lipinski definition) is 8. The van der Waals surface area contributed by atoms with Crippen LogP contribution < -0.4 is 20.3 Å². The van der Waals surface area contributed by atoms with Gasteiger partial charge < -0.3 is 24.7 Å². The molecule has 4 heterocycles. The summed E-state index contributed by atoms with van der Waals surface area (Å²) >= 11 is 0. The molecule has 0 unspecified atom stereocenters. The maximum Gasteiger partial charge on any atom is 0.263 e. The second kappa shape index (κ2) is 8.84. The Kier molecular flexibility index (Phi) is 5.99. The first-order valence-electron chi connectivity index (χ1n) is 10.5. The lowest BCUT2D eigenvalue weighted by molar-refractivity contribution is 0.102. The molecule has 2 N–H and O–H groups in total. The number of amides is 1. The maximum atomic E-state index is 13.0. The lowest BCUT2D eigenvalue weighted by atomic mass is 10.1. The van der Waals surface area contributed by atoms with Crippen molar-refractivity contribution in [3.63, 3.8) is 0 Å². The number of hydrogen-bond donors (Lipinski definition) is 2. The first-order valence-corrected chi connectivity index (χ1v) is 10.5. The van der Waals surface area contributed by atoms with E-state index in [4.69, 9.17) is 4.74 Å². The number of imidazole rings is 1.